The second-order valence-electron chi connectivity index (χ2n) is 5.63. The van der Waals surface area contributed by atoms with Crippen LogP contribution in [0.5, 0.6) is 0 Å². The average molecular weight is 300 g/mol. The minimum atomic E-state index is 0.0420. The smallest absolute Gasteiger partial charge is 0.253 e. The first-order valence-corrected chi connectivity index (χ1v) is 7.79. The van der Waals surface area contributed by atoms with Crippen LogP contribution in [0.15, 0.2) is 29.0 Å². The summed E-state index contributed by atoms with van der Waals surface area (Å²) in [7, 11) is 0. The molecule has 1 unspecified atom stereocenters. The Morgan fingerprint density at radius 1 is 1.41 bits per heavy atom. The SMILES string of the molecule is CCCc1noc(C2CCCN(C(=O)c3ccncc3)C2)n1. The van der Waals surface area contributed by atoms with Gasteiger partial charge in [0.2, 0.25) is 5.89 Å². The van der Waals surface area contributed by atoms with E-state index < -0.39 is 0 Å². The van der Waals surface area contributed by atoms with Gasteiger partial charge < -0.3 is 9.42 Å². The molecule has 6 heteroatoms. The van der Waals surface area contributed by atoms with Crippen molar-refractivity contribution >= 4 is 5.91 Å². The van der Waals surface area contributed by atoms with E-state index in [0.717, 1.165) is 38.1 Å². The predicted molar refractivity (Wildman–Crippen MR) is 80.4 cm³/mol. The Balaban J connectivity index is 1.69. The van der Waals surface area contributed by atoms with Gasteiger partial charge in [0.05, 0.1) is 5.92 Å². The van der Waals surface area contributed by atoms with Crippen molar-refractivity contribution in [2.45, 2.75) is 38.5 Å². The molecule has 1 fully saturated rings. The van der Waals surface area contributed by atoms with E-state index in [1.54, 1.807) is 24.5 Å². The summed E-state index contributed by atoms with van der Waals surface area (Å²) >= 11 is 0. The Kier molecular flexibility index (Phi) is 4.46. The van der Waals surface area contributed by atoms with Crippen molar-refractivity contribution in [2.24, 2.45) is 0 Å². The van der Waals surface area contributed by atoms with Crippen LogP contribution in [0.4, 0.5) is 0 Å². The zero-order valence-corrected chi connectivity index (χ0v) is 12.7. The first-order chi connectivity index (χ1) is 10.8. The second kappa shape index (κ2) is 6.68. The molecule has 2 aromatic heterocycles. The van der Waals surface area contributed by atoms with Crippen molar-refractivity contribution < 1.29 is 9.32 Å². The summed E-state index contributed by atoms with van der Waals surface area (Å²) in [5, 5.41) is 4.01. The van der Waals surface area contributed by atoms with Gasteiger partial charge >= 0.3 is 0 Å². The molecule has 6 nitrogen and oxygen atoms in total. The van der Waals surface area contributed by atoms with Crippen molar-refractivity contribution in [1.82, 2.24) is 20.0 Å². The van der Waals surface area contributed by atoms with Crippen LogP contribution in [0.25, 0.3) is 0 Å². The summed E-state index contributed by atoms with van der Waals surface area (Å²) < 4.78 is 5.38. The number of aryl methyl sites for hydroxylation is 1. The molecule has 22 heavy (non-hydrogen) atoms. The summed E-state index contributed by atoms with van der Waals surface area (Å²) in [5.41, 5.74) is 0.674. The molecule has 0 aliphatic carbocycles. The molecule has 1 amide bonds. The standard InChI is InChI=1S/C16H20N4O2/c1-2-4-14-18-15(22-19-14)13-5-3-10-20(11-13)16(21)12-6-8-17-9-7-12/h6-9,13H,2-5,10-11H2,1H3. The van der Waals surface area contributed by atoms with Crippen LogP contribution in [0.3, 0.4) is 0 Å². The maximum absolute atomic E-state index is 12.5. The predicted octanol–water partition coefficient (Wildman–Crippen LogP) is 2.44. The van der Waals surface area contributed by atoms with E-state index in [1.807, 2.05) is 4.90 Å². The van der Waals surface area contributed by atoms with Gasteiger partial charge in [0.25, 0.3) is 5.91 Å². The molecule has 1 aliphatic heterocycles. The highest BCUT2D eigenvalue weighted by Crippen LogP contribution is 2.26. The lowest BCUT2D eigenvalue weighted by atomic mass is 9.97. The van der Waals surface area contributed by atoms with Crippen molar-refractivity contribution in [1.29, 1.82) is 0 Å². The molecule has 1 saturated heterocycles. The normalized spacial score (nSPS) is 18.4. The Morgan fingerprint density at radius 2 is 2.23 bits per heavy atom. The van der Waals surface area contributed by atoms with Crippen LogP contribution in [0.2, 0.25) is 0 Å². The molecule has 0 radical (unpaired) electrons. The van der Waals surface area contributed by atoms with Crippen LogP contribution in [-0.2, 0) is 6.42 Å². The topological polar surface area (TPSA) is 72.1 Å². The summed E-state index contributed by atoms with van der Waals surface area (Å²) in [5.74, 6) is 1.60. The minimum absolute atomic E-state index is 0.0420. The Hall–Kier alpha value is -2.24. The highest BCUT2D eigenvalue weighted by atomic mass is 16.5. The summed E-state index contributed by atoms with van der Waals surface area (Å²) in [6.45, 7) is 3.49. The largest absolute Gasteiger partial charge is 0.339 e. The van der Waals surface area contributed by atoms with Gasteiger partial charge in [-0.25, -0.2) is 0 Å². The number of likely N-dealkylation sites (tertiary alicyclic amines) is 1. The number of amides is 1. The van der Waals surface area contributed by atoms with Gasteiger partial charge in [-0.05, 0) is 31.4 Å². The molecular formula is C16H20N4O2. The van der Waals surface area contributed by atoms with Crippen molar-refractivity contribution in [3.05, 3.63) is 41.8 Å². The number of hydrogen-bond acceptors (Lipinski definition) is 5. The number of piperidine rings is 1. The van der Waals surface area contributed by atoms with Gasteiger partial charge in [-0.15, -0.1) is 0 Å². The number of aromatic nitrogens is 3. The monoisotopic (exact) mass is 300 g/mol. The number of hydrogen-bond donors (Lipinski definition) is 0. The molecular weight excluding hydrogens is 280 g/mol. The molecule has 1 atom stereocenters. The molecule has 0 saturated carbocycles. The third-order valence-electron chi connectivity index (χ3n) is 3.94. The highest BCUT2D eigenvalue weighted by Gasteiger charge is 2.28. The number of rotatable bonds is 4. The average Bonchev–Trinajstić information content (AvgIpc) is 3.04. The minimum Gasteiger partial charge on any atom is -0.339 e. The molecule has 3 rings (SSSR count). The van der Waals surface area contributed by atoms with E-state index in [9.17, 15) is 4.79 Å². The lowest BCUT2D eigenvalue weighted by Crippen LogP contribution is -2.39. The summed E-state index contributed by atoms with van der Waals surface area (Å²) in [6, 6.07) is 3.50. The van der Waals surface area contributed by atoms with Gasteiger partial charge in [0.15, 0.2) is 5.82 Å². The van der Waals surface area contributed by atoms with E-state index in [2.05, 4.69) is 22.0 Å². The van der Waals surface area contributed by atoms with Crippen molar-refractivity contribution in [2.75, 3.05) is 13.1 Å². The maximum atomic E-state index is 12.5. The molecule has 2 aromatic rings. The van der Waals surface area contributed by atoms with Gasteiger partial charge in [0.1, 0.15) is 0 Å². The molecule has 1 aliphatic rings. The van der Waals surface area contributed by atoms with Gasteiger partial charge in [-0.3, -0.25) is 9.78 Å². The van der Waals surface area contributed by atoms with E-state index >= 15 is 0 Å². The number of nitrogens with zero attached hydrogens (tertiary/aromatic N) is 4. The van der Waals surface area contributed by atoms with E-state index in [1.165, 1.54) is 0 Å². The zero-order chi connectivity index (χ0) is 15.4. The molecule has 116 valence electrons. The van der Waals surface area contributed by atoms with Crippen LogP contribution in [0.1, 0.15) is 54.2 Å². The molecule has 0 N–H and O–H groups in total. The Bertz CT molecular complexity index is 626. The molecule has 3 heterocycles. The molecule has 0 aromatic carbocycles. The third-order valence-corrected chi connectivity index (χ3v) is 3.94. The number of carbonyl (C=O) groups is 1. The van der Waals surface area contributed by atoms with E-state index in [0.29, 0.717) is 18.0 Å². The van der Waals surface area contributed by atoms with Gasteiger partial charge in [-0.1, -0.05) is 12.1 Å². The van der Waals surface area contributed by atoms with Crippen LogP contribution >= 0.6 is 0 Å². The van der Waals surface area contributed by atoms with Crippen LogP contribution in [-0.4, -0.2) is 39.0 Å². The fraction of sp³-hybridized carbons (Fsp3) is 0.500. The highest BCUT2D eigenvalue weighted by molar-refractivity contribution is 5.94. The third kappa shape index (κ3) is 3.16. The summed E-state index contributed by atoms with van der Waals surface area (Å²) in [4.78, 5) is 22.8. The van der Waals surface area contributed by atoms with Crippen molar-refractivity contribution in [3.63, 3.8) is 0 Å². The van der Waals surface area contributed by atoms with Crippen LogP contribution in [0, 0.1) is 0 Å². The van der Waals surface area contributed by atoms with E-state index in [-0.39, 0.29) is 11.8 Å². The van der Waals surface area contributed by atoms with Crippen molar-refractivity contribution in [3.8, 4) is 0 Å². The Morgan fingerprint density at radius 3 is 3.00 bits per heavy atom. The van der Waals surface area contributed by atoms with Gasteiger partial charge in [0, 0.05) is 37.5 Å². The maximum Gasteiger partial charge on any atom is 0.253 e. The fourth-order valence-electron chi connectivity index (χ4n) is 2.80. The lowest BCUT2D eigenvalue weighted by molar-refractivity contribution is 0.0695. The number of pyridine rings is 1. The second-order valence-corrected chi connectivity index (χ2v) is 5.63. The number of carbonyl (C=O) groups excluding carboxylic acids is 1. The first-order valence-electron chi connectivity index (χ1n) is 7.79. The Labute approximate surface area is 129 Å². The van der Waals surface area contributed by atoms with Gasteiger partial charge in [-0.2, -0.15) is 4.98 Å². The summed E-state index contributed by atoms with van der Waals surface area (Å²) in [6.07, 6.45) is 7.04. The fourth-order valence-corrected chi connectivity index (χ4v) is 2.80. The zero-order valence-electron chi connectivity index (χ0n) is 12.7. The van der Waals surface area contributed by atoms with E-state index in [4.69, 9.17) is 4.52 Å². The molecule has 0 spiro atoms. The van der Waals surface area contributed by atoms with Crippen LogP contribution < -0.4 is 0 Å². The lowest BCUT2D eigenvalue weighted by Gasteiger charge is -2.31. The molecule has 0 bridgehead atoms. The quantitative estimate of drug-likeness (QED) is 0.867. The first kappa shape index (κ1) is 14.7.